The van der Waals surface area contributed by atoms with Gasteiger partial charge in [-0.2, -0.15) is 0 Å². The number of anilines is 3. The normalized spacial score (nSPS) is 11.2. The summed E-state index contributed by atoms with van der Waals surface area (Å²) in [6.07, 6.45) is 0. The molecule has 0 saturated carbocycles. The van der Waals surface area contributed by atoms with Crippen molar-refractivity contribution >= 4 is 29.1 Å². The van der Waals surface area contributed by atoms with Gasteiger partial charge in [-0.05, 0) is 44.2 Å². The van der Waals surface area contributed by atoms with Crippen molar-refractivity contribution in [2.75, 3.05) is 16.0 Å². The highest BCUT2D eigenvalue weighted by molar-refractivity contribution is 6.06. The molecule has 8 nitrogen and oxygen atoms in total. The Bertz CT molecular complexity index is 1340. The molecule has 4 rings (SSSR count). The number of carbonyl (C=O) groups is 2. The quantitative estimate of drug-likeness (QED) is 0.298. The van der Waals surface area contributed by atoms with E-state index in [2.05, 4.69) is 21.1 Å². The number of benzene rings is 2. The molecule has 3 amide bonds. The topological polar surface area (TPSA) is 109 Å². The molecule has 0 atom stereocenters. The number of hydrogen-bond donors (Lipinski definition) is 3. The highest BCUT2D eigenvalue weighted by atomic mass is 16.5. The zero-order valence-electron chi connectivity index (χ0n) is 20.4. The summed E-state index contributed by atoms with van der Waals surface area (Å²) in [5.41, 5.74) is 3.46. The van der Waals surface area contributed by atoms with Crippen LogP contribution >= 0.6 is 0 Å². The first-order valence-electron chi connectivity index (χ1n) is 11.2. The highest BCUT2D eigenvalue weighted by Crippen LogP contribution is 2.27. The van der Waals surface area contributed by atoms with Crippen molar-refractivity contribution in [3.05, 3.63) is 83.3 Å². The van der Waals surface area contributed by atoms with Gasteiger partial charge in [0.15, 0.2) is 5.82 Å². The van der Waals surface area contributed by atoms with Gasteiger partial charge in [-0.15, -0.1) is 0 Å². The van der Waals surface area contributed by atoms with E-state index in [1.807, 2.05) is 52.0 Å². The lowest BCUT2D eigenvalue weighted by Gasteiger charge is -2.12. The van der Waals surface area contributed by atoms with Crippen LogP contribution < -0.4 is 16.0 Å². The van der Waals surface area contributed by atoms with Crippen molar-refractivity contribution in [2.45, 2.75) is 40.0 Å². The maximum atomic E-state index is 12.8. The molecule has 0 bridgehead atoms. The molecular weight excluding hydrogens is 444 g/mol. The van der Waals surface area contributed by atoms with Crippen LogP contribution in [0.5, 0.6) is 0 Å². The fourth-order valence-corrected chi connectivity index (χ4v) is 3.37. The average molecular weight is 473 g/mol. The molecular formula is C27H28N4O4. The van der Waals surface area contributed by atoms with Gasteiger partial charge in [-0.3, -0.25) is 10.1 Å². The summed E-state index contributed by atoms with van der Waals surface area (Å²) < 4.78 is 11.1. The van der Waals surface area contributed by atoms with E-state index in [9.17, 15) is 9.59 Å². The second-order valence-corrected chi connectivity index (χ2v) is 9.38. The second-order valence-electron chi connectivity index (χ2n) is 9.38. The van der Waals surface area contributed by atoms with Crippen molar-refractivity contribution in [1.29, 1.82) is 0 Å². The van der Waals surface area contributed by atoms with Gasteiger partial charge in [0.2, 0.25) is 0 Å². The predicted molar refractivity (Wildman–Crippen MR) is 136 cm³/mol. The first-order valence-corrected chi connectivity index (χ1v) is 11.2. The summed E-state index contributed by atoms with van der Waals surface area (Å²) in [6, 6.07) is 17.7. The Kier molecular flexibility index (Phi) is 6.46. The average Bonchev–Trinajstić information content (AvgIpc) is 3.42. The molecule has 180 valence electrons. The van der Waals surface area contributed by atoms with Crippen LogP contribution in [0, 0.1) is 13.8 Å². The largest absolute Gasteiger partial charge is 0.461 e. The predicted octanol–water partition coefficient (Wildman–Crippen LogP) is 6.75. The number of carbonyl (C=O) groups excluding carboxylic acids is 2. The van der Waals surface area contributed by atoms with E-state index in [-0.39, 0.29) is 11.3 Å². The second kappa shape index (κ2) is 9.50. The van der Waals surface area contributed by atoms with E-state index in [0.29, 0.717) is 40.0 Å². The minimum absolute atomic E-state index is 0.207. The molecule has 2 aromatic carbocycles. The van der Waals surface area contributed by atoms with Crippen LogP contribution in [0.2, 0.25) is 0 Å². The molecule has 0 aliphatic carbocycles. The van der Waals surface area contributed by atoms with Crippen molar-refractivity contribution in [3.63, 3.8) is 0 Å². The summed E-state index contributed by atoms with van der Waals surface area (Å²) in [5, 5.41) is 12.1. The smallest absolute Gasteiger partial charge is 0.324 e. The van der Waals surface area contributed by atoms with Gasteiger partial charge in [0.05, 0.1) is 5.56 Å². The lowest BCUT2D eigenvalue weighted by Crippen LogP contribution is -2.19. The van der Waals surface area contributed by atoms with Gasteiger partial charge in [0, 0.05) is 28.4 Å². The fraction of sp³-hybridized carbons (Fsp3) is 0.222. The monoisotopic (exact) mass is 472 g/mol. The maximum absolute atomic E-state index is 12.8. The molecule has 2 heterocycles. The SMILES string of the molecule is Cc1ccc(-c2cc(C(=O)Nc3ccc(NC(=O)Nc4cc(C(C)(C)C)on4)cc3)c(C)o2)cc1. The Morgan fingerprint density at radius 3 is 2.06 bits per heavy atom. The summed E-state index contributed by atoms with van der Waals surface area (Å²) >= 11 is 0. The third kappa shape index (κ3) is 5.78. The van der Waals surface area contributed by atoms with Crippen LogP contribution in [0.1, 0.15) is 48.2 Å². The summed E-state index contributed by atoms with van der Waals surface area (Å²) in [7, 11) is 0. The molecule has 0 aliphatic heterocycles. The van der Waals surface area contributed by atoms with Crippen molar-refractivity contribution in [1.82, 2.24) is 5.16 Å². The van der Waals surface area contributed by atoms with Crippen molar-refractivity contribution in [3.8, 4) is 11.3 Å². The molecule has 2 aromatic heterocycles. The summed E-state index contributed by atoms with van der Waals surface area (Å²) in [6.45, 7) is 9.76. The molecule has 0 unspecified atom stereocenters. The first kappa shape index (κ1) is 23.8. The van der Waals surface area contributed by atoms with Gasteiger partial charge in [0.25, 0.3) is 5.91 Å². The summed E-state index contributed by atoms with van der Waals surface area (Å²) in [4.78, 5) is 25.1. The Labute approximate surface area is 203 Å². The minimum atomic E-state index is -0.451. The molecule has 0 radical (unpaired) electrons. The Morgan fingerprint density at radius 2 is 1.46 bits per heavy atom. The van der Waals surface area contributed by atoms with Crippen LogP contribution in [-0.4, -0.2) is 17.1 Å². The molecule has 8 heteroatoms. The fourth-order valence-electron chi connectivity index (χ4n) is 3.37. The molecule has 3 N–H and O–H groups in total. The van der Waals surface area contributed by atoms with Gasteiger partial charge >= 0.3 is 6.03 Å². The molecule has 0 spiro atoms. The van der Waals surface area contributed by atoms with E-state index in [1.165, 1.54) is 0 Å². The van der Waals surface area contributed by atoms with Gasteiger partial charge in [0.1, 0.15) is 17.3 Å². The van der Waals surface area contributed by atoms with Crippen LogP contribution in [0.3, 0.4) is 0 Å². The lowest BCUT2D eigenvalue weighted by atomic mass is 9.93. The third-order valence-corrected chi connectivity index (χ3v) is 5.39. The van der Waals surface area contributed by atoms with Crippen LogP contribution in [-0.2, 0) is 5.41 Å². The number of nitrogens with one attached hydrogen (secondary N) is 3. The number of furan rings is 1. The number of hydrogen-bond acceptors (Lipinski definition) is 5. The van der Waals surface area contributed by atoms with Crippen molar-refractivity contribution in [2.24, 2.45) is 0 Å². The standard InChI is InChI=1S/C27H28N4O4/c1-16-6-8-18(9-7-16)22-14-21(17(2)34-22)25(32)28-19-10-12-20(13-11-19)29-26(33)30-24-15-23(35-31-24)27(3,4)5/h6-15H,1-5H3,(H,28,32)(H2,29,30,31,33). The van der Waals surface area contributed by atoms with E-state index in [4.69, 9.17) is 8.94 Å². The van der Waals surface area contributed by atoms with Crippen LogP contribution in [0.25, 0.3) is 11.3 Å². The van der Waals surface area contributed by atoms with Crippen LogP contribution in [0.4, 0.5) is 22.0 Å². The van der Waals surface area contributed by atoms with Gasteiger partial charge < -0.3 is 19.6 Å². The van der Waals surface area contributed by atoms with E-state index >= 15 is 0 Å². The number of nitrogens with zero attached hydrogens (tertiary/aromatic N) is 1. The van der Waals surface area contributed by atoms with Gasteiger partial charge in [-0.25, -0.2) is 4.79 Å². The molecule has 0 saturated heterocycles. The van der Waals surface area contributed by atoms with Crippen molar-refractivity contribution < 1.29 is 18.5 Å². The molecule has 0 fully saturated rings. The molecule has 4 aromatic rings. The van der Waals surface area contributed by atoms with E-state index in [0.717, 1.165) is 11.1 Å². The number of urea groups is 1. The number of aromatic nitrogens is 1. The third-order valence-electron chi connectivity index (χ3n) is 5.39. The zero-order valence-corrected chi connectivity index (χ0v) is 20.4. The summed E-state index contributed by atoms with van der Waals surface area (Å²) in [5.74, 6) is 1.91. The first-order chi connectivity index (χ1) is 16.6. The minimum Gasteiger partial charge on any atom is -0.461 e. The highest BCUT2D eigenvalue weighted by Gasteiger charge is 2.20. The lowest BCUT2D eigenvalue weighted by molar-refractivity contribution is 0.102. The zero-order chi connectivity index (χ0) is 25.2. The number of rotatable bonds is 5. The van der Waals surface area contributed by atoms with Crippen LogP contribution in [0.15, 0.2) is 69.6 Å². The molecule has 0 aliphatic rings. The number of aryl methyl sites for hydroxylation is 2. The molecule has 35 heavy (non-hydrogen) atoms. The van der Waals surface area contributed by atoms with E-state index in [1.54, 1.807) is 43.3 Å². The number of amides is 3. The maximum Gasteiger partial charge on any atom is 0.324 e. The van der Waals surface area contributed by atoms with Gasteiger partial charge in [-0.1, -0.05) is 55.8 Å². The Balaban J connectivity index is 1.36. The van der Waals surface area contributed by atoms with E-state index < -0.39 is 6.03 Å². The Morgan fingerprint density at radius 1 is 0.829 bits per heavy atom. The Hall–Kier alpha value is -4.33.